The molecule has 0 aromatic carbocycles. The Kier molecular flexibility index (Phi) is 5.27. The molecule has 1 fully saturated rings. The number of carboxylic acid groups (broad SMARTS) is 1. The Balaban J connectivity index is 1.91. The monoisotopic (exact) mass is 311 g/mol. The molecule has 1 saturated heterocycles. The smallest absolute Gasteiger partial charge is 0.349 e. The van der Waals surface area contributed by atoms with Crippen molar-refractivity contribution in [3.63, 3.8) is 0 Å². The Morgan fingerprint density at radius 2 is 2.05 bits per heavy atom. The second-order valence-electron chi connectivity index (χ2n) is 6.61. The van der Waals surface area contributed by atoms with Gasteiger partial charge in [-0.2, -0.15) is 0 Å². The van der Waals surface area contributed by atoms with Crippen molar-refractivity contribution in [1.29, 1.82) is 0 Å². The van der Waals surface area contributed by atoms with Gasteiger partial charge in [0.05, 0.1) is 6.61 Å². The SMILES string of the molecule is CC(C)(C)c1cc(OCCCN2CCCC2)c(C(=O)O)s1. The molecule has 0 saturated carbocycles. The molecule has 0 amide bonds. The number of hydrogen-bond donors (Lipinski definition) is 1. The van der Waals surface area contributed by atoms with Crippen LogP contribution in [0.15, 0.2) is 6.07 Å². The summed E-state index contributed by atoms with van der Waals surface area (Å²) in [7, 11) is 0. The third-order valence-electron chi connectivity index (χ3n) is 3.71. The van der Waals surface area contributed by atoms with Crippen LogP contribution in [-0.4, -0.2) is 42.2 Å². The van der Waals surface area contributed by atoms with E-state index in [1.807, 2.05) is 6.07 Å². The molecule has 1 aliphatic rings. The fourth-order valence-corrected chi connectivity index (χ4v) is 3.47. The van der Waals surface area contributed by atoms with Gasteiger partial charge in [-0.05, 0) is 43.8 Å². The number of carbonyl (C=O) groups is 1. The first-order valence-corrected chi connectivity index (χ1v) is 8.42. The van der Waals surface area contributed by atoms with E-state index >= 15 is 0 Å². The van der Waals surface area contributed by atoms with Crippen molar-refractivity contribution >= 4 is 17.3 Å². The summed E-state index contributed by atoms with van der Waals surface area (Å²) in [6, 6.07) is 1.89. The highest BCUT2D eigenvalue weighted by Crippen LogP contribution is 2.36. The van der Waals surface area contributed by atoms with Crippen LogP contribution in [0.1, 0.15) is 54.6 Å². The number of likely N-dealkylation sites (tertiary alicyclic amines) is 1. The van der Waals surface area contributed by atoms with E-state index in [2.05, 4.69) is 25.7 Å². The quantitative estimate of drug-likeness (QED) is 0.815. The average molecular weight is 311 g/mol. The zero-order valence-corrected chi connectivity index (χ0v) is 14.0. The lowest BCUT2D eigenvalue weighted by Crippen LogP contribution is -2.22. The van der Waals surface area contributed by atoms with Gasteiger partial charge in [-0.15, -0.1) is 11.3 Å². The molecule has 1 N–H and O–H groups in total. The molecule has 0 spiro atoms. The lowest BCUT2D eigenvalue weighted by Gasteiger charge is -2.15. The topological polar surface area (TPSA) is 49.8 Å². The van der Waals surface area contributed by atoms with Gasteiger partial charge >= 0.3 is 5.97 Å². The Hall–Kier alpha value is -1.07. The minimum atomic E-state index is -0.898. The lowest BCUT2D eigenvalue weighted by molar-refractivity contribution is 0.0698. The minimum Gasteiger partial charge on any atom is -0.492 e. The molecular formula is C16H25NO3S. The lowest BCUT2D eigenvalue weighted by atomic mass is 9.95. The molecule has 1 aromatic heterocycles. The number of hydrogen-bond acceptors (Lipinski definition) is 4. The van der Waals surface area contributed by atoms with Gasteiger partial charge in [-0.25, -0.2) is 4.79 Å². The van der Waals surface area contributed by atoms with Crippen molar-refractivity contribution in [3.05, 3.63) is 15.8 Å². The van der Waals surface area contributed by atoms with Crippen molar-refractivity contribution in [2.45, 2.75) is 45.4 Å². The van der Waals surface area contributed by atoms with E-state index in [-0.39, 0.29) is 5.41 Å². The van der Waals surface area contributed by atoms with E-state index in [1.165, 1.54) is 37.3 Å². The predicted octanol–water partition coefficient (Wildman–Crippen LogP) is 3.61. The van der Waals surface area contributed by atoms with E-state index in [9.17, 15) is 9.90 Å². The first kappa shape index (κ1) is 16.3. The van der Waals surface area contributed by atoms with Gasteiger partial charge in [0, 0.05) is 11.4 Å². The largest absolute Gasteiger partial charge is 0.492 e. The molecule has 0 bridgehead atoms. The molecule has 5 heteroatoms. The highest BCUT2D eigenvalue weighted by Gasteiger charge is 2.23. The van der Waals surface area contributed by atoms with Crippen LogP contribution in [-0.2, 0) is 5.41 Å². The first-order valence-electron chi connectivity index (χ1n) is 7.60. The molecule has 0 radical (unpaired) electrons. The summed E-state index contributed by atoms with van der Waals surface area (Å²) in [5.74, 6) is -0.371. The molecule has 4 nitrogen and oxygen atoms in total. The molecule has 0 atom stereocenters. The summed E-state index contributed by atoms with van der Waals surface area (Å²) in [6.07, 6.45) is 3.53. The normalized spacial score (nSPS) is 16.3. The molecule has 1 aliphatic heterocycles. The van der Waals surface area contributed by atoms with Crippen LogP contribution in [0.5, 0.6) is 5.75 Å². The molecule has 1 aromatic rings. The van der Waals surface area contributed by atoms with Gasteiger partial charge < -0.3 is 14.7 Å². The maximum atomic E-state index is 11.3. The van der Waals surface area contributed by atoms with E-state index in [0.717, 1.165) is 17.8 Å². The molecule has 118 valence electrons. The van der Waals surface area contributed by atoms with Gasteiger partial charge in [0.2, 0.25) is 0 Å². The number of nitrogens with zero attached hydrogens (tertiary/aromatic N) is 1. The van der Waals surface area contributed by atoms with Crippen LogP contribution in [0.2, 0.25) is 0 Å². The third kappa shape index (κ3) is 4.45. The van der Waals surface area contributed by atoms with Crippen LogP contribution >= 0.6 is 11.3 Å². The number of carboxylic acids is 1. The summed E-state index contributed by atoms with van der Waals surface area (Å²) in [5, 5.41) is 9.30. The van der Waals surface area contributed by atoms with Crippen LogP contribution in [0.4, 0.5) is 0 Å². The van der Waals surface area contributed by atoms with Gasteiger partial charge in [0.1, 0.15) is 5.75 Å². The zero-order chi connectivity index (χ0) is 15.5. The van der Waals surface area contributed by atoms with Gasteiger partial charge in [0.25, 0.3) is 0 Å². The van der Waals surface area contributed by atoms with Crippen LogP contribution < -0.4 is 4.74 Å². The maximum Gasteiger partial charge on any atom is 0.349 e. The van der Waals surface area contributed by atoms with Crippen molar-refractivity contribution in [3.8, 4) is 5.75 Å². The summed E-state index contributed by atoms with van der Waals surface area (Å²) in [5.41, 5.74) is -0.0496. The summed E-state index contributed by atoms with van der Waals surface area (Å²) < 4.78 is 5.74. The molecule has 0 unspecified atom stereocenters. The standard InChI is InChI=1S/C16H25NO3S/c1-16(2,3)13-11-12(14(21-13)15(18)19)20-10-6-9-17-7-4-5-8-17/h11H,4-10H2,1-3H3,(H,18,19). The number of aromatic carboxylic acids is 1. The predicted molar refractivity (Wildman–Crippen MR) is 85.8 cm³/mol. The Bertz CT molecular complexity index is 484. The number of thiophene rings is 1. The summed E-state index contributed by atoms with van der Waals surface area (Å²) in [4.78, 5) is 15.1. The van der Waals surface area contributed by atoms with Crippen molar-refractivity contribution in [2.24, 2.45) is 0 Å². The minimum absolute atomic E-state index is 0.0496. The van der Waals surface area contributed by atoms with Crippen molar-refractivity contribution in [1.82, 2.24) is 4.90 Å². The number of ether oxygens (including phenoxy) is 1. The summed E-state index contributed by atoms with van der Waals surface area (Å²) in [6.45, 7) is 10.3. The summed E-state index contributed by atoms with van der Waals surface area (Å²) >= 11 is 1.32. The Labute approximate surface area is 130 Å². The first-order chi connectivity index (χ1) is 9.88. The molecular weight excluding hydrogens is 286 g/mol. The van der Waals surface area contributed by atoms with Crippen molar-refractivity contribution < 1.29 is 14.6 Å². The van der Waals surface area contributed by atoms with Crippen LogP contribution in [0.3, 0.4) is 0 Å². The third-order valence-corrected chi connectivity index (χ3v) is 5.24. The van der Waals surface area contributed by atoms with E-state index < -0.39 is 5.97 Å². The van der Waals surface area contributed by atoms with Gasteiger partial charge in [-0.1, -0.05) is 20.8 Å². The zero-order valence-electron chi connectivity index (χ0n) is 13.1. The highest BCUT2D eigenvalue weighted by atomic mass is 32.1. The highest BCUT2D eigenvalue weighted by molar-refractivity contribution is 7.14. The van der Waals surface area contributed by atoms with Gasteiger partial charge in [0.15, 0.2) is 4.88 Å². The second-order valence-corrected chi connectivity index (χ2v) is 7.66. The van der Waals surface area contributed by atoms with Crippen molar-refractivity contribution in [2.75, 3.05) is 26.2 Å². The van der Waals surface area contributed by atoms with E-state index in [0.29, 0.717) is 17.2 Å². The van der Waals surface area contributed by atoms with E-state index in [1.54, 1.807) is 0 Å². The second kappa shape index (κ2) is 6.79. The fraction of sp³-hybridized carbons (Fsp3) is 0.688. The Morgan fingerprint density at radius 1 is 1.38 bits per heavy atom. The maximum absolute atomic E-state index is 11.3. The van der Waals surface area contributed by atoms with Crippen LogP contribution in [0.25, 0.3) is 0 Å². The molecule has 21 heavy (non-hydrogen) atoms. The van der Waals surface area contributed by atoms with Crippen LogP contribution in [0, 0.1) is 0 Å². The number of rotatable bonds is 6. The Morgan fingerprint density at radius 3 is 2.62 bits per heavy atom. The average Bonchev–Trinajstić information content (AvgIpc) is 3.03. The van der Waals surface area contributed by atoms with E-state index in [4.69, 9.17) is 4.74 Å². The molecule has 2 heterocycles. The van der Waals surface area contributed by atoms with Gasteiger partial charge in [-0.3, -0.25) is 0 Å². The molecule has 0 aliphatic carbocycles. The molecule has 2 rings (SSSR count). The fourth-order valence-electron chi connectivity index (χ4n) is 2.48.